The SMILES string of the molecule is O=C(NCC1(O)CCOCC1)c1ccncc1O. The maximum Gasteiger partial charge on any atom is 0.255 e. The Morgan fingerprint density at radius 1 is 1.50 bits per heavy atom. The molecule has 1 saturated heterocycles. The van der Waals surface area contributed by atoms with Gasteiger partial charge in [0.2, 0.25) is 0 Å². The van der Waals surface area contributed by atoms with E-state index in [1.807, 2.05) is 0 Å². The minimum absolute atomic E-state index is 0.150. The molecule has 2 rings (SSSR count). The summed E-state index contributed by atoms with van der Waals surface area (Å²) in [4.78, 5) is 15.5. The van der Waals surface area contributed by atoms with Gasteiger partial charge in [-0.1, -0.05) is 0 Å². The number of ether oxygens (including phenoxy) is 1. The minimum atomic E-state index is -0.920. The van der Waals surface area contributed by atoms with E-state index < -0.39 is 11.5 Å². The molecule has 98 valence electrons. The van der Waals surface area contributed by atoms with Crippen molar-refractivity contribution in [1.29, 1.82) is 0 Å². The van der Waals surface area contributed by atoms with Crippen LogP contribution in [0.3, 0.4) is 0 Å². The molecule has 0 radical (unpaired) electrons. The summed E-state index contributed by atoms with van der Waals surface area (Å²) in [5, 5.41) is 22.3. The van der Waals surface area contributed by atoms with Crippen LogP contribution in [0, 0.1) is 0 Å². The molecule has 1 fully saturated rings. The number of nitrogens with zero attached hydrogens (tertiary/aromatic N) is 1. The lowest BCUT2D eigenvalue weighted by atomic mass is 9.94. The van der Waals surface area contributed by atoms with Crippen molar-refractivity contribution >= 4 is 5.91 Å². The maximum atomic E-state index is 11.8. The quantitative estimate of drug-likeness (QED) is 0.707. The van der Waals surface area contributed by atoms with Crippen molar-refractivity contribution in [2.24, 2.45) is 0 Å². The second-order valence-electron chi connectivity index (χ2n) is 4.41. The highest BCUT2D eigenvalue weighted by Gasteiger charge is 2.30. The van der Waals surface area contributed by atoms with Gasteiger partial charge in [-0.15, -0.1) is 0 Å². The largest absolute Gasteiger partial charge is 0.505 e. The molecule has 0 unspecified atom stereocenters. The Balaban J connectivity index is 1.94. The van der Waals surface area contributed by atoms with E-state index in [1.54, 1.807) is 0 Å². The van der Waals surface area contributed by atoms with Crippen molar-refractivity contribution < 1.29 is 19.7 Å². The van der Waals surface area contributed by atoms with Crippen molar-refractivity contribution in [3.8, 4) is 5.75 Å². The Labute approximate surface area is 105 Å². The normalized spacial score (nSPS) is 18.3. The number of hydrogen-bond donors (Lipinski definition) is 3. The third-order valence-corrected chi connectivity index (χ3v) is 3.05. The number of rotatable bonds is 3. The van der Waals surface area contributed by atoms with Crippen LogP contribution < -0.4 is 5.32 Å². The number of carbonyl (C=O) groups is 1. The van der Waals surface area contributed by atoms with Gasteiger partial charge in [-0.25, -0.2) is 0 Å². The second kappa shape index (κ2) is 5.32. The molecule has 0 saturated carbocycles. The maximum absolute atomic E-state index is 11.8. The predicted octanol–water partition coefficient (Wildman–Crippen LogP) is 0.0585. The monoisotopic (exact) mass is 252 g/mol. The van der Waals surface area contributed by atoms with Gasteiger partial charge in [-0.05, 0) is 6.07 Å². The predicted molar refractivity (Wildman–Crippen MR) is 63.2 cm³/mol. The van der Waals surface area contributed by atoms with Crippen LogP contribution in [0.25, 0.3) is 0 Å². The van der Waals surface area contributed by atoms with Gasteiger partial charge in [0.15, 0.2) is 0 Å². The summed E-state index contributed by atoms with van der Waals surface area (Å²) in [6.45, 7) is 1.14. The van der Waals surface area contributed by atoms with Crippen LogP contribution in [0.5, 0.6) is 5.75 Å². The lowest BCUT2D eigenvalue weighted by molar-refractivity contribution is -0.0605. The molecule has 6 heteroatoms. The van der Waals surface area contributed by atoms with Crippen LogP contribution in [0.2, 0.25) is 0 Å². The number of carbonyl (C=O) groups excluding carboxylic acids is 1. The smallest absolute Gasteiger partial charge is 0.255 e. The Kier molecular flexibility index (Phi) is 3.78. The highest BCUT2D eigenvalue weighted by atomic mass is 16.5. The average Bonchev–Trinajstić information content (AvgIpc) is 2.38. The molecule has 1 aromatic rings. The molecular formula is C12H16N2O4. The molecule has 18 heavy (non-hydrogen) atoms. The lowest BCUT2D eigenvalue weighted by Crippen LogP contribution is -2.46. The number of aliphatic hydroxyl groups is 1. The standard InChI is InChI=1S/C12H16N2O4/c15-10-7-13-4-1-9(10)11(16)14-8-12(17)2-5-18-6-3-12/h1,4,7,15,17H,2-3,5-6,8H2,(H,14,16). The van der Waals surface area contributed by atoms with Crippen LogP contribution in [0.1, 0.15) is 23.2 Å². The number of nitrogens with one attached hydrogen (secondary N) is 1. The van der Waals surface area contributed by atoms with Crippen LogP contribution in [-0.2, 0) is 4.74 Å². The molecule has 0 atom stereocenters. The molecule has 0 bridgehead atoms. The van der Waals surface area contributed by atoms with Crippen molar-refractivity contribution in [2.45, 2.75) is 18.4 Å². The van der Waals surface area contributed by atoms with E-state index in [0.717, 1.165) is 0 Å². The third-order valence-electron chi connectivity index (χ3n) is 3.05. The van der Waals surface area contributed by atoms with Crippen molar-refractivity contribution in [2.75, 3.05) is 19.8 Å². The fourth-order valence-electron chi connectivity index (χ4n) is 1.85. The van der Waals surface area contributed by atoms with E-state index in [0.29, 0.717) is 26.1 Å². The van der Waals surface area contributed by atoms with Gasteiger partial charge in [-0.2, -0.15) is 0 Å². The highest BCUT2D eigenvalue weighted by molar-refractivity contribution is 5.96. The van der Waals surface area contributed by atoms with Crippen molar-refractivity contribution in [3.63, 3.8) is 0 Å². The van der Waals surface area contributed by atoms with Gasteiger partial charge in [0.25, 0.3) is 5.91 Å². The number of hydrogen-bond acceptors (Lipinski definition) is 5. The number of aromatic hydroxyl groups is 1. The van der Waals surface area contributed by atoms with Gasteiger partial charge >= 0.3 is 0 Å². The zero-order valence-electron chi connectivity index (χ0n) is 9.93. The summed E-state index contributed by atoms with van der Waals surface area (Å²) in [6.07, 6.45) is 3.63. The first-order valence-corrected chi connectivity index (χ1v) is 5.82. The minimum Gasteiger partial charge on any atom is -0.505 e. The first-order valence-electron chi connectivity index (χ1n) is 5.82. The molecule has 1 aliphatic rings. The molecular weight excluding hydrogens is 236 g/mol. The fraction of sp³-hybridized carbons (Fsp3) is 0.500. The Hall–Kier alpha value is -1.66. The number of aromatic nitrogens is 1. The molecule has 1 amide bonds. The van der Waals surface area contributed by atoms with Gasteiger partial charge < -0.3 is 20.3 Å². The van der Waals surface area contributed by atoms with Gasteiger partial charge in [0, 0.05) is 38.8 Å². The van der Waals surface area contributed by atoms with Gasteiger partial charge in [0.1, 0.15) is 5.75 Å². The molecule has 1 aliphatic heterocycles. The van der Waals surface area contributed by atoms with E-state index in [4.69, 9.17) is 4.74 Å². The summed E-state index contributed by atoms with van der Waals surface area (Å²) < 4.78 is 5.15. The van der Waals surface area contributed by atoms with Gasteiger partial charge in [0.05, 0.1) is 17.4 Å². The Morgan fingerprint density at radius 3 is 2.89 bits per heavy atom. The summed E-state index contributed by atoms with van der Waals surface area (Å²) >= 11 is 0. The first-order chi connectivity index (χ1) is 8.61. The second-order valence-corrected chi connectivity index (χ2v) is 4.41. The number of pyridine rings is 1. The zero-order chi connectivity index (χ0) is 13.0. The van der Waals surface area contributed by atoms with Crippen LogP contribution in [0.4, 0.5) is 0 Å². The lowest BCUT2D eigenvalue weighted by Gasteiger charge is -2.32. The number of amides is 1. The van der Waals surface area contributed by atoms with E-state index in [1.165, 1.54) is 18.5 Å². The van der Waals surface area contributed by atoms with E-state index in [2.05, 4.69) is 10.3 Å². The summed E-state index contributed by atoms with van der Waals surface area (Å²) in [7, 11) is 0. The van der Waals surface area contributed by atoms with Gasteiger partial charge in [-0.3, -0.25) is 9.78 Å². The molecule has 0 aromatic carbocycles. The Morgan fingerprint density at radius 2 is 2.22 bits per heavy atom. The molecule has 3 N–H and O–H groups in total. The fourth-order valence-corrected chi connectivity index (χ4v) is 1.85. The first kappa shape index (κ1) is 12.8. The highest BCUT2D eigenvalue weighted by Crippen LogP contribution is 2.20. The van der Waals surface area contributed by atoms with Crippen molar-refractivity contribution in [3.05, 3.63) is 24.0 Å². The average molecular weight is 252 g/mol. The zero-order valence-corrected chi connectivity index (χ0v) is 9.93. The van der Waals surface area contributed by atoms with Crippen molar-refractivity contribution in [1.82, 2.24) is 10.3 Å². The summed E-state index contributed by atoms with van der Waals surface area (Å²) in [5.74, 6) is -0.594. The summed E-state index contributed by atoms with van der Waals surface area (Å²) in [5.41, 5.74) is -0.767. The summed E-state index contributed by atoms with van der Waals surface area (Å²) in [6, 6.07) is 1.43. The van der Waals surface area contributed by atoms with Crippen LogP contribution >= 0.6 is 0 Å². The van der Waals surface area contributed by atoms with E-state index in [-0.39, 0.29) is 17.9 Å². The molecule has 2 heterocycles. The van der Waals surface area contributed by atoms with Crippen LogP contribution in [-0.4, -0.2) is 46.5 Å². The third kappa shape index (κ3) is 2.96. The molecule has 0 aliphatic carbocycles. The molecule has 6 nitrogen and oxygen atoms in total. The van der Waals surface area contributed by atoms with Crippen LogP contribution in [0.15, 0.2) is 18.5 Å². The van der Waals surface area contributed by atoms with E-state index >= 15 is 0 Å². The molecule has 0 spiro atoms. The topological polar surface area (TPSA) is 91.7 Å². The van der Waals surface area contributed by atoms with E-state index in [9.17, 15) is 15.0 Å². The Bertz CT molecular complexity index is 430. The molecule has 1 aromatic heterocycles.